The van der Waals surface area contributed by atoms with E-state index in [1.807, 2.05) is 0 Å². The number of hydrogen-bond donors (Lipinski definition) is 1. The highest BCUT2D eigenvalue weighted by molar-refractivity contribution is 6.33. The minimum absolute atomic E-state index is 0.176. The van der Waals surface area contributed by atoms with Gasteiger partial charge in [0.15, 0.2) is 0 Å². The van der Waals surface area contributed by atoms with Gasteiger partial charge in [0.25, 0.3) is 0 Å². The normalized spacial score (nSPS) is 10.1. The molecule has 0 aliphatic rings. The first-order valence-electron chi connectivity index (χ1n) is 5.55. The van der Waals surface area contributed by atoms with Crippen molar-refractivity contribution >= 4 is 34.8 Å². The third kappa shape index (κ3) is 3.88. The number of carbonyl (C=O) groups excluding carboxylic acids is 1. The number of benzene rings is 2. The van der Waals surface area contributed by atoms with Crippen LogP contribution < -0.4 is 10.1 Å². The molecule has 0 unspecified atom stereocenters. The molecule has 98 valence electrons. The number of rotatable bonds is 3. The van der Waals surface area contributed by atoms with Crippen molar-refractivity contribution in [1.82, 2.24) is 0 Å². The zero-order chi connectivity index (χ0) is 13.8. The summed E-state index contributed by atoms with van der Waals surface area (Å²) in [5.74, 6) is 1.02. The maximum atomic E-state index is 11.0. The fraction of sp³-hybridized carbons (Fsp3) is 0.0714. The molecule has 0 saturated heterocycles. The number of ether oxygens (including phenoxy) is 1. The maximum Gasteiger partial charge on any atom is 0.221 e. The van der Waals surface area contributed by atoms with E-state index in [0.717, 1.165) is 0 Å². The predicted octanol–water partition coefficient (Wildman–Crippen LogP) is 4.74. The van der Waals surface area contributed by atoms with Crippen molar-refractivity contribution in [3.63, 3.8) is 0 Å². The number of carbonyl (C=O) groups is 1. The average molecular weight is 296 g/mol. The van der Waals surface area contributed by atoms with Crippen LogP contribution in [0.15, 0.2) is 42.5 Å². The van der Waals surface area contributed by atoms with Gasteiger partial charge in [0, 0.05) is 18.0 Å². The molecule has 0 spiro atoms. The smallest absolute Gasteiger partial charge is 0.221 e. The second-order valence-electron chi connectivity index (χ2n) is 3.88. The molecule has 0 aliphatic heterocycles. The van der Waals surface area contributed by atoms with Crippen LogP contribution >= 0.6 is 23.2 Å². The Bertz CT molecular complexity index is 614. The van der Waals surface area contributed by atoms with E-state index >= 15 is 0 Å². The SMILES string of the molecule is CC(=O)Nc1ccc(Oc2cccc(Cl)c2)cc1Cl. The predicted molar refractivity (Wildman–Crippen MR) is 77.3 cm³/mol. The van der Waals surface area contributed by atoms with E-state index in [9.17, 15) is 4.79 Å². The van der Waals surface area contributed by atoms with Gasteiger partial charge in [-0.3, -0.25) is 4.79 Å². The van der Waals surface area contributed by atoms with Gasteiger partial charge in [0.05, 0.1) is 10.7 Å². The lowest BCUT2D eigenvalue weighted by Gasteiger charge is -2.09. The van der Waals surface area contributed by atoms with Gasteiger partial charge in [-0.15, -0.1) is 0 Å². The summed E-state index contributed by atoms with van der Waals surface area (Å²) >= 11 is 11.9. The van der Waals surface area contributed by atoms with Crippen molar-refractivity contribution in [1.29, 1.82) is 0 Å². The summed E-state index contributed by atoms with van der Waals surface area (Å²) in [6.45, 7) is 1.42. The summed E-state index contributed by atoms with van der Waals surface area (Å²) in [6, 6.07) is 12.1. The van der Waals surface area contributed by atoms with Gasteiger partial charge in [-0.1, -0.05) is 29.3 Å². The number of nitrogens with one attached hydrogen (secondary N) is 1. The first-order chi connectivity index (χ1) is 9.04. The van der Waals surface area contributed by atoms with Gasteiger partial charge in [-0.25, -0.2) is 0 Å². The molecule has 5 heteroatoms. The van der Waals surface area contributed by atoms with E-state index in [-0.39, 0.29) is 5.91 Å². The summed E-state index contributed by atoms with van der Waals surface area (Å²) < 4.78 is 5.62. The summed E-state index contributed by atoms with van der Waals surface area (Å²) in [7, 11) is 0. The Labute approximate surface area is 121 Å². The first-order valence-corrected chi connectivity index (χ1v) is 6.31. The Hall–Kier alpha value is -1.71. The van der Waals surface area contributed by atoms with Crippen molar-refractivity contribution in [2.24, 2.45) is 0 Å². The number of halogens is 2. The van der Waals surface area contributed by atoms with E-state index in [4.69, 9.17) is 27.9 Å². The largest absolute Gasteiger partial charge is 0.457 e. The van der Waals surface area contributed by atoms with Crippen molar-refractivity contribution in [3.8, 4) is 11.5 Å². The molecule has 1 N–H and O–H groups in total. The third-order valence-electron chi connectivity index (χ3n) is 2.28. The van der Waals surface area contributed by atoms with Crippen molar-refractivity contribution in [2.75, 3.05) is 5.32 Å². The fourth-order valence-electron chi connectivity index (χ4n) is 1.52. The van der Waals surface area contributed by atoms with Crippen LogP contribution in [0, 0.1) is 0 Å². The average Bonchev–Trinajstić information content (AvgIpc) is 2.32. The molecule has 0 saturated carbocycles. The van der Waals surface area contributed by atoms with Gasteiger partial charge in [0.2, 0.25) is 5.91 Å². The lowest BCUT2D eigenvalue weighted by Crippen LogP contribution is -2.05. The maximum absolute atomic E-state index is 11.0. The zero-order valence-electron chi connectivity index (χ0n) is 10.1. The number of anilines is 1. The summed E-state index contributed by atoms with van der Waals surface area (Å²) in [5.41, 5.74) is 0.549. The van der Waals surface area contributed by atoms with Crippen LogP contribution in [0.5, 0.6) is 11.5 Å². The Kier molecular flexibility index (Phi) is 4.30. The number of hydrogen-bond acceptors (Lipinski definition) is 2. The molecule has 19 heavy (non-hydrogen) atoms. The van der Waals surface area contributed by atoms with Crippen LogP contribution in [0.2, 0.25) is 10.0 Å². The minimum atomic E-state index is -0.176. The molecule has 0 atom stereocenters. The third-order valence-corrected chi connectivity index (χ3v) is 2.83. The van der Waals surface area contributed by atoms with Gasteiger partial charge in [-0.05, 0) is 30.3 Å². The van der Waals surface area contributed by atoms with E-state index in [1.165, 1.54) is 6.92 Å². The lowest BCUT2D eigenvalue weighted by atomic mass is 10.3. The summed E-state index contributed by atoms with van der Waals surface area (Å²) in [6.07, 6.45) is 0. The Balaban J connectivity index is 2.18. The van der Waals surface area contributed by atoms with Crippen molar-refractivity contribution in [2.45, 2.75) is 6.92 Å². The molecule has 2 aromatic carbocycles. The molecule has 2 rings (SSSR count). The Morgan fingerprint density at radius 2 is 1.84 bits per heavy atom. The highest BCUT2D eigenvalue weighted by atomic mass is 35.5. The molecule has 0 bridgehead atoms. The number of amides is 1. The van der Waals surface area contributed by atoms with Gasteiger partial charge in [-0.2, -0.15) is 0 Å². The molecule has 0 fully saturated rings. The molecule has 0 radical (unpaired) electrons. The van der Waals surface area contributed by atoms with Crippen LogP contribution in [0.25, 0.3) is 0 Å². The van der Waals surface area contributed by atoms with Gasteiger partial charge in [0.1, 0.15) is 11.5 Å². The zero-order valence-corrected chi connectivity index (χ0v) is 11.6. The van der Waals surface area contributed by atoms with Crippen molar-refractivity contribution < 1.29 is 9.53 Å². The van der Waals surface area contributed by atoms with Crippen molar-refractivity contribution in [3.05, 3.63) is 52.5 Å². The second kappa shape index (κ2) is 5.95. The van der Waals surface area contributed by atoms with E-state index in [1.54, 1.807) is 42.5 Å². The standard InChI is InChI=1S/C14H11Cl2NO2/c1-9(18)17-14-6-5-12(8-13(14)16)19-11-4-2-3-10(15)7-11/h2-8H,1H3,(H,17,18). The molecule has 3 nitrogen and oxygen atoms in total. The van der Waals surface area contributed by atoms with Gasteiger partial charge >= 0.3 is 0 Å². The Morgan fingerprint density at radius 3 is 2.47 bits per heavy atom. The molecular weight excluding hydrogens is 285 g/mol. The topological polar surface area (TPSA) is 38.3 Å². The molecule has 2 aromatic rings. The highest BCUT2D eigenvalue weighted by Gasteiger charge is 2.05. The van der Waals surface area contributed by atoms with Crippen LogP contribution in [-0.2, 0) is 4.79 Å². The monoisotopic (exact) mass is 295 g/mol. The first kappa shape index (κ1) is 13.7. The van der Waals surface area contributed by atoms with Crippen LogP contribution in [0.4, 0.5) is 5.69 Å². The minimum Gasteiger partial charge on any atom is -0.457 e. The Morgan fingerprint density at radius 1 is 1.11 bits per heavy atom. The summed E-state index contributed by atoms with van der Waals surface area (Å²) in [4.78, 5) is 11.0. The second-order valence-corrected chi connectivity index (χ2v) is 4.73. The lowest BCUT2D eigenvalue weighted by molar-refractivity contribution is -0.114. The highest BCUT2D eigenvalue weighted by Crippen LogP contribution is 2.30. The fourth-order valence-corrected chi connectivity index (χ4v) is 1.91. The van der Waals surface area contributed by atoms with E-state index in [0.29, 0.717) is 27.2 Å². The van der Waals surface area contributed by atoms with Crippen LogP contribution in [0.1, 0.15) is 6.92 Å². The molecule has 0 aliphatic carbocycles. The van der Waals surface area contributed by atoms with Crippen LogP contribution in [0.3, 0.4) is 0 Å². The van der Waals surface area contributed by atoms with Gasteiger partial charge < -0.3 is 10.1 Å². The molecule has 0 aromatic heterocycles. The molecule has 0 heterocycles. The molecule has 1 amide bonds. The van der Waals surface area contributed by atoms with E-state index in [2.05, 4.69) is 5.32 Å². The molecular formula is C14H11Cl2NO2. The summed E-state index contributed by atoms with van der Waals surface area (Å²) in [5, 5.41) is 3.63. The van der Waals surface area contributed by atoms with E-state index < -0.39 is 0 Å². The quantitative estimate of drug-likeness (QED) is 0.888. The van der Waals surface area contributed by atoms with Crippen LogP contribution in [-0.4, -0.2) is 5.91 Å².